The summed E-state index contributed by atoms with van der Waals surface area (Å²) in [5, 5.41) is 38.4. The van der Waals surface area contributed by atoms with Crippen LogP contribution >= 0.6 is 0 Å². The van der Waals surface area contributed by atoms with Crippen LogP contribution in [0.25, 0.3) is 0 Å². The van der Waals surface area contributed by atoms with E-state index in [1.165, 1.54) is 0 Å². The first-order valence-electron chi connectivity index (χ1n) is 6.30. The van der Waals surface area contributed by atoms with E-state index in [2.05, 4.69) is 5.32 Å². The Bertz CT molecular complexity index is 402. The molecule has 0 bridgehead atoms. The zero-order valence-electron chi connectivity index (χ0n) is 11.7. The molecule has 0 rings (SSSR count). The molecule has 0 heterocycles. The van der Waals surface area contributed by atoms with Gasteiger partial charge in [0.15, 0.2) is 0 Å². The Labute approximate surface area is 154 Å². The molecule has 0 aliphatic rings. The van der Waals surface area contributed by atoms with Crippen LogP contribution in [0.1, 0.15) is 25.7 Å². The Kier molecular flexibility index (Phi) is 11.9. The fourth-order valence-corrected chi connectivity index (χ4v) is 2.19. The number of aliphatic carboxylic acids is 4. The zero-order chi connectivity index (χ0) is 17.3. The topological polar surface area (TPSA) is 187 Å². The van der Waals surface area contributed by atoms with Crippen molar-refractivity contribution in [3.05, 3.63) is 6.04 Å². The van der Waals surface area contributed by atoms with Crippen molar-refractivity contribution in [3.63, 3.8) is 0 Å². The molecule has 0 spiro atoms. The van der Waals surface area contributed by atoms with Gasteiger partial charge in [0.25, 0.3) is 0 Å². The van der Waals surface area contributed by atoms with Crippen LogP contribution in [0.3, 0.4) is 0 Å². The predicted molar refractivity (Wildman–Crippen MR) is 78.9 cm³/mol. The van der Waals surface area contributed by atoms with Crippen molar-refractivity contribution in [1.29, 1.82) is 0 Å². The van der Waals surface area contributed by atoms with Gasteiger partial charge in [-0.1, -0.05) is 0 Å². The van der Waals surface area contributed by atoms with E-state index in [4.69, 9.17) is 26.2 Å². The third-order valence-electron chi connectivity index (χ3n) is 2.92. The van der Waals surface area contributed by atoms with Crippen molar-refractivity contribution in [1.82, 2.24) is 5.32 Å². The van der Waals surface area contributed by atoms with Crippen LogP contribution in [0.4, 0.5) is 0 Å². The summed E-state index contributed by atoms with van der Waals surface area (Å²) in [6.07, 6.45) is -3.18. The molecule has 1 radical (unpaired) electrons. The number of carbonyl (C=O) groups is 4. The van der Waals surface area contributed by atoms with Gasteiger partial charge in [0.05, 0.1) is 31.7 Å². The van der Waals surface area contributed by atoms with Gasteiger partial charge in [-0.2, -0.15) is 0 Å². The van der Waals surface area contributed by atoms with E-state index in [1.807, 2.05) is 0 Å². The Morgan fingerprint density at radius 2 is 1.22 bits per heavy atom. The van der Waals surface area contributed by atoms with Gasteiger partial charge < -0.3 is 31.5 Å². The average molecular weight is 343 g/mol. The van der Waals surface area contributed by atoms with Crippen LogP contribution in [0, 0.1) is 11.5 Å². The summed E-state index contributed by atoms with van der Waals surface area (Å²) in [5.74, 6) is -5.63. The van der Waals surface area contributed by atoms with E-state index in [9.17, 15) is 19.2 Å². The third kappa shape index (κ3) is 9.51. The van der Waals surface area contributed by atoms with E-state index < -0.39 is 55.0 Å². The Hall–Kier alpha value is -1.20. The molecule has 0 aliphatic carbocycles. The summed E-state index contributed by atoms with van der Waals surface area (Å²) in [7, 11) is 0. The number of hydrogen-bond acceptors (Lipinski definition) is 6. The van der Waals surface area contributed by atoms with E-state index in [1.54, 1.807) is 0 Å². The molecule has 0 aromatic carbocycles. The van der Waals surface area contributed by atoms with Crippen molar-refractivity contribution in [2.45, 2.75) is 25.7 Å². The summed E-state index contributed by atoms with van der Waals surface area (Å²) in [5.41, 5.74) is 3.42. The number of nitrogens with two attached hydrogens (primary N) is 1. The Morgan fingerprint density at radius 3 is 1.48 bits per heavy atom. The van der Waals surface area contributed by atoms with Crippen molar-refractivity contribution < 1.29 is 39.6 Å². The van der Waals surface area contributed by atoms with Crippen LogP contribution in [0.2, 0.25) is 0 Å². The van der Waals surface area contributed by atoms with E-state index in [0.717, 1.165) is 0 Å². The van der Waals surface area contributed by atoms with E-state index in [0.29, 0.717) is 0 Å². The Balaban J connectivity index is 0. The van der Waals surface area contributed by atoms with Crippen molar-refractivity contribution in [2.75, 3.05) is 13.1 Å². The number of carboxylic acid groups (broad SMARTS) is 4. The molecule has 0 aromatic rings. The summed E-state index contributed by atoms with van der Waals surface area (Å²) in [6, 6.07) is -0.169. The second-order valence-electron chi connectivity index (χ2n) is 4.76. The van der Waals surface area contributed by atoms with Crippen molar-refractivity contribution >= 4 is 53.4 Å². The molecule has 10 nitrogen and oxygen atoms in total. The van der Waals surface area contributed by atoms with Crippen LogP contribution in [-0.4, -0.2) is 87.0 Å². The molecule has 7 N–H and O–H groups in total. The third-order valence-corrected chi connectivity index (χ3v) is 2.92. The molecule has 0 amide bonds. The Morgan fingerprint density at radius 1 is 0.826 bits per heavy atom. The van der Waals surface area contributed by atoms with Gasteiger partial charge in [0.1, 0.15) is 0 Å². The molecule has 0 atom stereocenters. The molecular weight excluding hydrogens is 323 g/mol. The van der Waals surface area contributed by atoms with E-state index >= 15 is 0 Å². The van der Waals surface area contributed by atoms with Gasteiger partial charge in [-0.05, 0) is 0 Å². The molecule has 0 saturated carbocycles. The van der Waals surface area contributed by atoms with Crippen molar-refractivity contribution in [2.24, 2.45) is 11.1 Å². The number of carboxylic acids is 4. The first kappa shape index (κ1) is 24.1. The van der Waals surface area contributed by atoms with Crippen LogP contribution in [-0.2, 0) is 19.2 Å². The maximum atomic E-state index is 11.0. The van der Waals surface area contributed by atoms with E-state index in [-0.39, 0.29) is 48.7 Å². The normalized spacial score (nSPS) is 10.9. The van der Waals surface area contributed by atoms with Crippen molar-refractivity contribution in [3.8, 4) is 0 Å². The monoisotopic (exact) mass is 343 g/mol. The quantitative estimate of drug-likeness (QED) is 0.223. The second-order valence-corrected chi connectivity index (χ2v) is 4.76. The molecule has 23 heavy (non-hydrogen) atoms. The SMILES string of the molecule is NCCN[C](CC(=O)O)C(CC(=O)O)(CC(=O)O)CC(=O)O.[NaH]. The number of rotatable bonds is 12. The molecule has 127 valence electrons. The molecular formula is C12H20N2NaO8. The van der Waals surface area contributed by atoms with Gasteiger partial charge in [-0.15, -0.1) is 0 Å². The van der Waals surface area contributed by atoms with Gasteiger partial charge in [-0.25, -0.2) is 0 Å². The average Bonchev–Trinajstić information content (AvgIpc) is 2.30. The maximum absolute atomic E-state index is 11.0. The fourth-order valence-electron chi connectivity index (χ4n) is 2.19. The first-order valence-corrected chi connectivity index (χ1v) is 6.30. The standard InChI is InChI=1S/C12H19N2O8.Na.H/c13-1-2-14-7(3-8(15)16)12(4-9(17)18,5-10(19)20)6-11(21)22;;/h14H,1-6,13H2,(H,15,16)(H,17,18)(H,19,20)(H,21,22);;. The van der Waals surface area contributed by atoms with Gasteiger partial charge in [0, 0.05) is 18.5 Å². The van der Waals surface area contributed by atoms with Gasteiger partial charge in [-0.3, -0.25) is 19.2 Å². The molecule has 0 unspecified atom stereocenters. The second kappa shape index (κ2) is 11.4. The van der Waals surface area contributed by atoms with Crippen LogP contribution < -0.4 is 11.1 Å². The summed E-state index contributed by atoms with van der Waals surface area (Å²) < 4.78 is 0. The summed E-state index contributed by atoms with van der Waals surface area (Å²) in [6.45, 7) is 0.135. The predicted octanol–water partition coefficient (Wildman–Crippen LogP) is -1.70. The molecule has 0 fully saturated rings. The first-order chi connectivity index (χ1) is 10.1. The number of hydrogen-bond donors (Lipinski definition) is 6. The van der Waals surface area contributed by atoms with Crippen LogP contribution in [0.5, 0.6) is 0 Å². The number of nitrogens with one attached hydrogen (secondary N) is 1. The van der Waals surface area contributed by atoms with Gasteiger partial charge >= 0.3 is 53.4 Å². The fraction of sp³-hybridized carbons (Fsp3) is 0.583. The minimum atomic E-state index is -1.86. The van der Waals surface area contributed by atoms with Gasteiger partial charge in [0.2, 0.25) is 0 Å². The minimum absolute atomic E-state index is 0. The molecule has 0 aromatic heterocycles. The molecule has 0 aliphatic heterocycles. The zero-order valence-corrected chi connectivity index (χ0v) is 11.7. The van der Waals surface area contributed by atoms with Crippen LogP contribution in [0.15, 0.2) is 0 Å². The molecule has 11 heteroatoms. The molecule has 0 saturated heterocycles. The summed E-state index contributed by atoms with van der Waals surface area (Å²) in [4.78, 5) is 44.1. The summed E-state index contributed by atoms with van der Waals surface area (Å²) >= 11 is 0.